The Morgan fingerprint density at radius 3 is 2.76 bits per heavy atom. The number of halogens is 1. The van der Waals surface area contributed by atoms with Crippen molar-refractivity contribution in [2.24, 2.45) is 10.7 Å². The van der Waals surface area contributed by atoms with Crippen LogP contribution in [0.4, 0.5) is 0 Å². The van der Waals surface area contributed by atoms with Gasteiger partial charge in [-0.15, -0.1) is 24.0 Å². The van der Waals surface area contributed by atoms with Gasteiger partial charge in [0.1, 0.15) is 0 Å². The van der Waals surface area contributed by atoms with Crippen LogP contribution in [0.15, 0.2) is 29.3 Å². The van der Waals surface area contributed by atoms with Gasteiger partial charge in [-0.1, -0.05) is 19.1 Å². The Bertz CT molecular complexity index is 563. The molecular formula is C18H29IN4O2. The summed E-state index contributed by atoms with van der Waals surface area (Å²) in [6.45, 7) is 5.92. The largest absolute Gasteiger partial charge is 0.465 e. The summed E-state index contributed by atoms with van der Waals surface area (Å²) in [5, 5.41) is 3.15. The Kier molecular flexibility index (Phi) is 9.81. The first kappa shape index (κ1) is 21.7. The third-order valence-electron chi connectivity index (χ3n) is 4.47. The van der Waals surface area contributed by atoms with Crippen molar-refractivity contribution in [3.63, 3.8) is 0 Å². The monoisotopic (exact) mass is 460 g/mol. The van der Waals surface area contributed by atoms with E-state index in [0.717, 1.165) is 31.6 Å². The zero-order valence-electron chi connectivity index (χ0n) is 15.0. The number of benzene rings is 1. The SMILES string of the molecule is CCN1CCCC1CN=C(N)NCCc1ccc(C(=O)OC)cc1.I. The highest BCUT2D eigenvalue weighted by Gasteiger charge is 2.22. The summed E-state index contributed by atoms with van der Waals surface area (Å²) in [6.07, 6.45) is 3.28. The van der Waals surface area contributed by atoms with Crippen LogP contribution in [-0.2, 0) is 11.2 Å². The first-order chi connectivity index (χ1) is 11.6. The molecule has 1 heterocycles. The number of hydrogen-bond donors (Lipinski definition) is 2. The van der Waals surface area contributed by atoms with Gasteiger partial charge in [-0.3, -0.25) is 9.89 Å². The summed E-state index contributed by atoms with van der Waals surface area (Å²) in [5.74, 6) is 0.188. The second-order valence-electron chi connectivity index (χ2n) is 6.02. The van der Waals surface area contributed by atoms with Crippen LogP contribution >= 0.6 is 24.0 Å². The maximum absolute atomic E-state index is 11.4. The van der Waals surface area contributed by atoms with E-state index in [1.54, 1.807) is 12.1 Å². The molecule has 1 aliphatic heterocycles. The van der Waals surface area contributed by atoms with Crippen LogP contribution in [0.25, 0.3) is 0 Å². The topological polar surface area (TPSA) is 80.0 Å². The van der Waals surface area contributed by atoms with Gasteiger partial charge >= 0.3 is 5.97 Å². The van der Waals surface area contributed by atoms with E-state index < -0.39 is 0 Å². The summed E-state index contributed by atoms with van der Waals surface area (Å²) < 4.78 is 4.69. The third-order valence-corrected chi connectivity index (χ3v) is 4.47. The minimum atomic E-state index is -0.316. The quantitative estimate of drug-likeness (QED) is 0.282. The number of carbonyl (C=O) groups is 1. The third kappa shape index (κ3) is 6.81. The second-order valence-corrected chi connectivity index (χ2v) is 6.02. The van der Waals surface area contributed by atoms with Gasteiger partial charge < -0.3 is 15.8 Å². The maximum Gasteiger partial charge on any atom is 0.337 e. The molecule has 0 spiro atoms. The lowest BCUT2D eigenvalue weighted by atomic mass is 10.1. The molecule has 0 bridgehead atoms. The number of nitrogens with zero attached hydrogens (tertiary/aromatic N) is 2. The van der Waals surface area contributed by atoms with Crippen LogP contribution in [-0.4, -0.2) is 56.2 Å². The number of carbonyl (C=O) groups excluding carboxylic acids is 1. The van der Waals surface area contributed by atoms with E-state index in [-0.39, 0.29) is 29.9 Å². The van der Waals surface area contributed by atoms with E-state index in [1.807, 2.05) is 12.1 Å². The lowest BCUT2D eigenvalue weighted by Gasteiger charge is -2.20. The van der Waals surface area contributed by atoms with Crippen molar-refractivity contribution >= 4 is 35.9 Å². The molecule has 0 saturated carbocycles. The Morgan fingerprint density at radius 1 is 1.40 bits per heavy atom. The van der Waals surface area contributed by atoms with Crippen LogP contribution in [0.2, 0.25) is 0 Å². The number of ether oxygens (including phenoxy) is 1. The van der Waals surface area contributed by atoms with E-state index in [9.17, 15) is 4.79 Å². The van der Waals surface area contributed by atoms with Crippen molar-refractivity contribution in [3.05, 3.63) is 35.4 Å². The van der Waals surface area contributed by atoms with Gasteiger partial charge in [0, 0.05) is 12.6 Å². The van der Waals surface area contributed by atoms with Crippen LogP contribution in [0.5, 0.6) is 0 Å². The molecule has 6 nitrogen and oxygen atoms in total. The summed E-state index contributed by atoms with van der Waals surface area (Å²) in [5.41, 5.74) is 7.64. The molecule has 1 aromatic rings. The van der Waals surface area contributed by atoms with E-state index in [2.05, 4.69) is 26.9 Å². The summed E-state index contributed by atoms with van der Waals surface area (Å²) >= 11 is 0. The highest BCUT2D eigenvalue weighted by molar-refractivity contribution is 14.0. The Morgan fingerprint density at radius 2 is 2.12 bits per heavy atom. The van der Waals surface area contributed by atoms with E-state index >= 15 is 0 Å². The first-order valence-electron chi connectivity index (χ1n) is 8.59. The van der Waals surface area contributed by atoms with Crippen LogP contribution in [0.1, 0.15) is 35.7 Å². The maximum atomic E-state index is 11.4. The highest BCUT2D eigenvalue weighted by atomic mass is 127. The van der Waals surface area contributed by atoms with Crippen LogP contribution in [0, 0.1) is 0 Å². The first-order valence-corrected chi connectivity index (χ1v) is 8.59. The van der Waals surface area contributed by atoms with Gasteiger partial charge in [0.15, 0.2) is 5.96 Å². The van der Waals surface area contributed by atoms with Crippen LogP contribution < -0.4 is 11.1 Å². The predicted molar refractivity (Wildman–Crippen MR) is 112 cm³/mol. The molecule has 7 heteroatoms. The lowest BCUT2D eigenvalue weighted by molar-refractivity contribution is 0.0600. The minimum Gasteiger partial charge on any atom is -0.465 e. The van der Waals surface area contributed by atoms with Crippen LogP contribution in [0.3, 0.4) is 0 Å². The lowest BCUT2D eigenvalue weighted by Crippen LogP contribution is -2.36. The average Bonchev–Trinajstić information content (AvgIpc) is 3.07. The highest BCUT2D eigenvalue weighted by Crippen LogP contribution is 2.16. The van der Waals surface area contributed by atoms with Gasteiger partial charge in [0.2, 0.25) is 0 Å². The summed E-state index contributed by atoms with van der Waals surface area (Å²) in [4.78, 5) is 18.3. The number of methoxy groups -OCH3 is 1. The van der Waals surface area contributed by atoms with Gasteiger partial charge in [0.05, 0.1) is 19.2 Å². The number of likely N-dealkylation sites (N-methyl/N-ethyl adjacent to an activating group) is 1. The Hall–Kier alpha value is -1.35. The second kappa shape index (κ2) is 11.3. The molecule has 1 atom stereocenters. The normalized spacial score (nSPS) is 17.8. The molecule has 0 aromatic heterocycles. The fourth-order valence-electron chi connectivity index (χ4n) is 3.04. The molecule has 1 aliphatic rings. The number of nitrogens with one attached hydrogen (secondary N) is 1. The van der Waals surface area contributed by atoms with Crippen molar-refractivity contribution in [3.8, 4) is 0 Å². The molecule has 3 N–H and O–H groups in total. The molecule has 140 valence electrons. The van der Waals surface area contributed by atoms with Gasteiger partial charge in [-0.25, -0.2) is 4.79 Å². The number of nitrogens with two attached hydrogens (primary N) is 1. The summed E-state index contributed by atoms with van der Waals surface area (Å²) in [6, 6.07) is 7.94. The van der Waals surface area contributed by atoms with E-state index in [4.69, 9.17) is 5.73 Å². The van der Waals surface area contributed by atoms with Crippen molar-refractivity contribution in [1.29, 1.82) is 0 Å². The molecule has 0 aliphatic carbocycles. The molecule has 1 unspecified atom stereocenters. The molecule has 0 amide bonds. The van der Waals surface area contributed by atoms with Gasteiger partial charge in [-0.2, -0.15) is 0 Å². The molecular weight excluding hydrogens is 431 g/mol. The molecule has 2 rings (SSSR count). The Balaban J connectivity index is 0.00000312. The molecule has 25 heavy (non-hydrogen) atoms. The molecule has 0 radical (unpaired) electrons. The zero-order valence-corrected chi connectivity index (χ0v) is 17.4. The number of rotatable bonds is 7. The van der Waals surface area contributed by atoms with Gasteiger partial charge in [0.25, 0.3) is 0 Å². The summed E-state index contributed by atoms with van der Waals surface area (Å²) in [7, 11) is 1.38. The average molecular weight is 460 g/mol. The van der Waals surface area contributed by atoms with Crippen molar-refractivity contribution in [2.45, 2.75) is 32.2 Å². The fourth-order valence-corrected chi connectivity index (χ4v) is 3.04. The number of hydrogen-bond acceptors (Lipinski definition) is 4. The zero-order chi connectivity index (χ0) is 17.4. The standard InChI is InChI=1S/C18H28N4O2.HI/c1-3-22-12-4-5-16(22)13-21-18(19)20-11-10-14-6-8-15(9-7-14)17(23)24-2;/h6-9,16H,3-5,10-13H2,1-2H3,(H3,19,20,21);1H. The van der Waals surface area contributed by atoms with E-state index in [1.165, 1.54) is 26.5 Å². The number of guanidine groups is 1. The van der Waals surface area contributed by atoms with Crippen molar-refractivity contribution < 1.29 is 9.53 Å². The smallest absolute Gasteiger partial charge is 0.337 e. The Labute approximate surface area is 167 Å². The minimum absolute atomic E-state index is 0. The number of likely N-dealkylation sites (tertiary alicyclic amines) is 1. The van der Waals surface area contributed by atoms with E-state index in [0.29, 0.717) is 17.6 Å². The molecule has 1 fully saturated rings. The fraction of sp³-hybridized carbons (Fsp3) is 0.556. The van der Waals surface area contributed by atoms with Crippen molar-refractivity contribution in [2.75, 3.05) is 33.3 Å². The van der Waals surface area contributed by atoms with Gasteiger partial charge in [-0.05, 0) is 50.0 Å². The van der Waals surface area contributed by atoms with Crippen molar-refractivity contribution in [1.82, 2.24) is 10.2 Å². The number of aliphatic imine (C=N–C) groups is 1. The molecule has 1 aromatic carbocycles. The number of esters is 1. The molecule has 1 saturated heterocycles. The predicted octanol–water partition coefficient (Wildman–Crippen LogP) is 2.02.